The summed E-state index contributed by atoms with van der Waals surface area (Å²) < 4.78 is 18.3. The Bertz CT molecular complexity index is 1450. The van der Waals surface area contributed by atoms with E-state index in [1.165, 1.54) is 0 Å². The largest absolute Gasteiger partial charge is 0.497 e. The van der Waals surface area contributed by atoms with Crippen molar-refractivity contribution in [1.82, 2.24) is 20.1 Å². The molecule has 2 aromatic heterocycles. The lowest BCUT2D eigenvalue weighted by molar-refractivity contribution is -0.125. The number of piperidine rings is 1. The van der Waals surface area contributed by atoms with E-state index in [4.69, 9.17) is 14.2 Å². The first-order valence-electron chi connectivity index (χ1n) is 14.3. The van der Waals surface area contributed by atoms with E-state index in [0.29, 0.717) is 26.1 Å². The van der Waals surface area contributed by atoms with Crippen LogP contribution in [0.15, 0.2) is 60.8 Å². The van der Waals surface area contributed by atoms with Crippen molar-refractivity contribution in [3.63, 3.8) is 0 Å². The molecule has 1 aliphatic rings. The van der Waals surface area contributed by atoms with Crippen LogP contribution in [0.25, 0.3) is 5.13 Å². The summed E-state index contributed by atoms with van der Waals surface area (Å²) in [4.78, 5) is 15.1. The molecule has 1 fully saturated rings. The zero-order valence-corrected chi connectivity index (χ0v) is 25.2. The highest BCUT2D eigenvalue weighted by Crippen LogP contribution is 2.29. The number of carbonyl (C=O) groups is 1. The summed E-state index contributed by atoms with van der Waals surface area (Å²) in [6.07, 6.45) is 4.28. The van der Waals surface area contributed by atoms with Crippen LogP contribution in [-0.2, 0) is 17.8 Å². The molecule has 11 heteroatoms. The van der Waals surface area contributed by atoms with Crippen LogP contribution in [0.1, 0.15) is 31.0 Å². The number of hydrogen-bond donors (Lipinski definition) is 2. The van der Waals surface area contributed by atoms with E-state index in [-0.39, 0.29) is 11.8 Å². The summed E-state index contributed by atoms with van der Waals surface area (Å²) in [7, 11) is 3.28. The van der Waals surface area contributed by atoms with Gasteiger partial charge in [-0.05, 0) is 74.2 Å². The van der Waals surface area contributed by atoms with Crippen LogP contribution in [0.2, 0.25) is 0 Å². The minimum atomic E-state index is -0.00358. The monoisotopic (exact) mass is 590 g/mol. The third-order valence-electron chi connectivity index (χ3n) is 7.41. The van der Waals surface area contributed by atoms with Crippen LogP contribution in [-0.4, -0.2) is 61.1 Å². The first-order chi connectivity index (χ1) is 20.6. The van der Waals surface area contributed by atoms with Crippen molar-refractivity contribution >= 4 is 28.1 Å². The second-order valence-corrected chi connectivity index (χ2v) is 11.0. The molecule has 4 aromatic rings. The number of amides is 1. The molecule has 222 valence electrons. The number of ether oxygens (including phenoxy) is 3. The summed E-state index contributed by atoms with van der Waals surface area (Å²) >= 11 is 1.57. The summed E-state index contributed by atoms with van der Waals surface area (Å²) in [6, 6.07) is 17.8. The Balaban J connectivity index is 1.09. The first kappa shape index (κ1) is 29.2. The number of hydrogen-bond acceptors (Lipinski definition) is 9. The smallest absolute Gasteiger partial charge is 0.223 e. The van der Waals surface area contributed by atoms with Crippen molar-refractivity contribution in [3.8, 4) is 22.4 Å². The highest BCUT2D eigenvalue weighted by molar-refractivity contribution is 7.17. The molecule has 5 rings (SSSR count). The van der Waals surface area contributed by atoms with Crippen LogP contribution in [0.3, 0.4) is 0 Å². The Labute approximate surface area is 250 Å². The molecule has 2 N–H and O–H groups in total. The van der Waals surface area contributed by atoms with E-state index in [9.17, 15) is 4.79 Å². The maximum Gasteiger partial charge on any atom is 0.223 e. The molecule has 2 aromatic carbocycles. The predicted octanol–water partition coefficient (Wildman–Crippen LogP) is 4.93. The number of nitrogens with one attached hydrogen (secondary N) is 2. The predicted molar refractivity (Wildman–Crippen MR) is 165 cm³/mol. The molecule has 42 heavy (non-hydrogen) atoms. The van der Waals surface area contributed by atoms with Crippen molar-refractivity contribution in [2.75, 3.05) is 50.7 Å². The minimum Gasteiger partial charge on any atom is -0.497 e. The molecule has 3 heterocycles. The van der Waals surface area contributed by atoms with Crippen molar-refractivity contribution in [2.24, 2.45) is 5.92 Å². The average Bonchev–Trinajstić information content (AvgIpc) is 3.71. The third-order valence-corrected chi connectivity index (χ3v) is 8.39. The van der Waals surface area contributed by atoms with Crippen LogP contribution in [0.5, 0.6) is 17.2 Å². The highest BCUT2D eigenvalue weighted by Gasteiger charge is 2.27. The molecular weight excluding hydrogens is 552 g/mol. The molecule has 10 nitrogen and oxygen atoms in total. The Morgan fingerprint density at radius 1 is 1.00 bits per heavy atom. The normalized spacial score (nSPS) is 13.5. The van der Waals surface area contributed by atoms with E-state index in [0.717, 1.165) is 70.4 Å². The topological polar surface area (TPSA) is 103 Å². The van der Waals surface area contributed by atoms with Gasteiger partial charge in [-0.3, -0.25) is 9.36 Å². The van der Waals surface area contributed by atoms with Crippen molar-refractivity contribution in [1.29, 1.82) is 0 Å². The number of carbonyl (C=O) groups excluding carboxylic acids is 1. The number of methoxy groups -OCH3 is 2. The van der Waals surface area contributed by atoms with Gasteiger partial charge in [0.05, 0.1) is 27.4 Å². The van der Waals surface area contributed by atoms with Gasteiger partial charge in [0.25, 0.3) is 0 Å². The highest BCUT2D eigenvalue weighted by atomic mass is 32.1. The van der Waals surface area contributed by atoms with E-state index in [1.807, 2.05) is 61.7 Å². The van der Waals surface area contributed by atoms with Gasteiger partial charge in [0.15, 0.2) is 0 Å². The summed E-state index contributed by atoms with van der Waals surface area (Å²) in [5.74, 6) is 2.49. The Hall–Kier alpha value is -4.25. The van der Waals surface area contributed by atoms with Gasteiger partial charge in [-0.25, -0.2) is 0 Å². The Kier molecular flexibility index (Phi) is 9.81. The second kappa shape index (κ2) is 14.1. The SMILES string of the molecule is CCOc1ccc(NCc2cccn2-c2nnc(N3CCC(C(=O)NCCc4ccc(OC)cc4OC)CC3)s2)cc1. The minimum absolute atomic E-state index is 0.00358. The number of anilines is 2. The van der Waals surface area contributed by atoms with Crippen molar-refractivity contribution in [3.05, 3.63) is 72.1 Å². The van der Waals surface area contributed by atoms with Crippen LogP contribution >= 0.6 is 11.3 Å². The van der Waals surface area contributed by atoms with E-state index in [1.54, 1.807) is 25.6 Å². The van der Waals surface area contributed by atoms with Gasteiger partial charge >= 0.3 is 0 Å². The van der Waals surface area contributed by atoms with Gasteiger partial charge in [0.2, 0.25) is 16.2 Å². The summed E-state index contributed by atoms with van der Waals surface area (Å²) in [5.41, 5.74) is 3.16. The van der Waals surface area contributed by atoms with Gasteiger partial charge in [0.1, 0.15) is 17.2 Å². The molecule has 0 radical (unpaired) electrons. The number of nitrogens with zero attached hydrogens (tertiary/aromatic N) is 4. The maximum atomic E-state index is 12.9. The van der Waals surface area contributed by atoms with Gasteiger partial charge in [-0.15, -0.1) is 10.2 Å². The van der Waals surface area contributed by atoms with Crippen LogP contribution < -0.4 is 29.7 Å². The van der Waals surface area contributed by atoms with Gasteiger partial charge in [-0.2, -0.15) is 0 Å². The molecule has 0 unspecified atom stereocenters. The van der Waals surface area contributed by atoms with Crippen LogP contribution in [0, 0.1) is 5.92 Å². The fourth-order valence-electron chi connectivity index (χ4n) is 5.06. The molecule has 1 amide bonds. The fraction of sp³-hybridized carbons (Fsp3) is 0.387. The lowest BCUT2D eigenvalue weighted by atomic mass is 9.96. The fourth-order valence-corrected chi connectivity index (χ4v) is 5.98. The van der Waals surface area contributed by atoms with Crippen molar-refractivity contribution < 1.29 is 19.0 Å². The molecule has 1 saturated heterocycles. The van der Waals surface area contributed by atoms with Crippen molar-refractivity contribution in [2.45, 2.75) is 32.7 Å². The number of benzene rings is 2. The van der Waals surface area contributed by atoms with E-state index >= 15 is 0 Å². The first-order valence-corrected chi connectivity index (χ1v) is 15.1. The Morgan fingerprint density at radius 2 is 1.76 bits per heavy atom. The van der Waals surface area contributed by atoms with Crippen LogP contribution in [0.4, 0.5) is 10.8 Å². The second-order valence-electron chi connectivity index (χ2n) is 10.0. The zero-order chi connectivity index (χ0) is 29.3. The third kappa shape index (κ3) is 7.14. The number of aromatic nitrogens is 3. The molecule has 0 aliphatic carbocycles. The standard InChI is InChI=1S/C31H38N6O4S/c1-4-41-26-11-8-24(9-12-26)33-21-25-6-5-17-37(25)31-35-34-30(42-31)36-18-14-23(15-19-36)29(38)32-16-13-22-7-10-27(39-2)20-28(22)40-3/h5-12,17,20,23,33H,4,13-16,18-19,21H2,1-3H3,(H,32,38). The molecule has 1 aliphatic heterocycles. The summed E-state index contributed by atoms with van der Waals surface area (Å²) in [6.45, 7) is 5.40. The molecular formula is C31H38N6O4S. The summed E-state index contributed by atoms with van der Waals surface area (Å²) in [5, 5.41) is 17.2. The Morgan fingerprint density at radius 3 is 2.50 bits per heavy atom. The average molecular weight is 591 g/mol. The van der Waals surface area contributed by atoms with E-state index in [2.05, 4.69) is 36.4 Å². The molecule has 0 atom stereocenters. The van der Waals surface area contributed by atoms with Gasteiger partial charge in [0, 0.05) is 49.2 Å². The molecule has 0 spiro atoms. The lowest BCUT2D eigenvalue weighted by Gasteiger charge is -2.30. The maximum absolute atomic E-state index is 12.9. The molecule has 0 bridgehead atoms. The number of rotatable bonds is 13. The lowest BCUT2D eigenvalue weighted by Crippen LogP contribution is -2.41. The van der Waals surface area contributed by atoms with Gasteiger partial charge < -0.3 is 29.7 Å². The zero-order valence-electron chi connectivity index (χ0n) is 24.3. The van der Waals surface area contributed by atoms with E-state index < -0.39 is 0 Å². The quantitative estimate of drug-likeness (QED) is 0.226. The van der Waals surface area contributed by atoms with Gasteiger partial charge in [-0.1, -0.05) is 17.4 Å². The molecule has 0 saturated carbocycles.